The fourth-order valence-corrected chi connectivity index (χ4v) is 2.08. The standard InChI is InChI=1S/C12H17NO4S/c1-12(2,3)17-11(16)13-7-6-8-4-5-9(18-8)10(14)15/h4-5H,6-7H2,1-3H3,(H,13,16)(H,14,15). The molecule has 0 radical (unpaired) electrons. The lowest BCUT2D eigenvalue weighted by atomic mass is 10.2. The van der Waals surface area contributed by atoms with E-state index >= 15 is 0 Å². The number of aromatic carboxylic acids is 1. The van der Waals surface area contributed by atoms with Gasteiger partial charge in [0.1, 0.15) is 10.5 Å². The topological polar surface area (TPSA) is 75.6 Å². The van der Waals surface area contributed by atoms with E-state index in [1.807, 2.05) is 0 Å². The quantitative estimate of drug-likeness (QED) is 0.882. The van der Waals surface area contributed by atoms with Crippen LogP contribution in [0.2, 0.25) is 0 Å². The second kappa shape index (κ2) is 5.86. The summed E-state index contributed by atoms with van der Waals surface area (Å²) in [6.45, 7) is 5.81. The number of carboxylic acid groups (broad SMARTS) is 1. The van der Waals surface area contributed by atoms with Gasteiger partial charge in [0, 0.05) is 11.4 Å². The summed E-state index contributed by atoms with van der Waals surface area (Å²) >= 11 is 1.21. The third-order valence-corrected chi connectivity index (χ3v) is 3.05. The van der Waals surface area contributed by atoms with Gasteiger partial charge < -0.3 is 15.2 Å². The molecule has 0 aromatic carbocycles. The lowest BCUT2D eigenvalue weighted by Crippen LogP contribution is -2.33. The molecular formula is C12H17NO4S. The Hall–Kier alpha value is -1.56. The number of nitrogens with one attached hydrogen (secondary N) is 1. The predicted molar refractivity (Wildman–Crippen MR) is 69.2 cm³/mol. The van der Waals surface area contributed by atoms with Crippen LogP contribution in [-0.2, 0) is 11.2 Å². The zero-order chi connectivity index (χ0) is 13.8. The Morgan fingerprint density at radius 2 is 2.06 bits per heavy atom. The molecule has 0 aliphatic heterocycles. The van der Waals surface area contributed by atoms with Crippen molar-refractivity contribution >= 4 is 23.4 Å². The van der Waals surface area contributed by atoms with E-state index in [1.54, 1.807) is 32.9 Å². The number of carbonyl (C=O) groups is 2. The van der Waals surface area contributed by atoms with E-state index in [9.17, 15) is 9.59 Å². The Balaban J connectivity index is 2.33. The number of thiophene rings is 1. The number of carboxylic acids is 1. The summed E-state index contributed by atoms with van der Waals surface area (Å²) < 4.78 is 5.08. The molecule has 1 aromatic rings. The largest absolute Gasteiger partial charge is 0.477 e. The number of amides is 1. The summed E-state index contributed by atoms with van der Waals surface area (Å²) in [5.41, 5.74) is -0.510. The fraction of sp³-hybridized carbons (Fsp3) is 0.500. The summed E-state index contributed by atoms with van der Waals surface area (Å²) in [7, 11) is 0. The van der Waals surface area contributed by atoms with E-state index in [0.29, 0.717) is 17.8 Å². The Kier molecular flexibility index (Phi) is 4.72. The molecule has 1 rings (SSSR count). The van der Waals surface area contributed by atoms with Crippen molar-refractivity contribution in [2.24, 2.45) is 0 Å². The summed E-state index contributed by atoms with van der Waals surface area (Å²) in [5.74, 6) is -0.925. The Morgan fingerprint density at radius 3 is 2.56 bits per heavy atom. The average Bonchev–Trinajstić information content (AvgIpc) is 2.63. The molecule has 1 aromatic heterocycles. The maximum absolute atomic E-state index is 11.3. The maximum Gasteiger partial charge on any atom is 0.407 e. The number of alkyl carbamates (subject to hydrolysis) is 1. The molecule has 0 bridgehead atoms. The third-order valence-electron chi connectivity index (χ3n) is 1.91. The molecule has 0 spiro atoms. The van der Waals surface area contributed by atoms with Gasteiger partial charge in [-0.25, -0.2) is 9.59 Å². The van der Waals surface area contributed by atoms with Crippen molar-refractivity contribution in [1.29, 1.82) is 0 Å². The molecule has 2 N–H and O–H groups in total. The van der Waals surface area contributed by atoms with Crippen LogP contribution < -0.4 is 5.32 Å². The van der Waals surface area contributed by atoms with Crippen molar-refractivity contribution in [3.63, 3.8) is 0 Å². The van der Waals surface area contributed by atoms with Crippen LogP contribution in [0.5, 0.6) is 0 Å². The van der Waals surface area contributed by atoms with Gasteiger partial charge in [0.25, 0.3) is 0 Å². The van der Waals surface area contributed by atoms with Gasteiger partial charge in [-0.1, -0.05) is 0 Å². The first-order chi connectivity index (χ1) is 8.28. The zero-order valence-electron chi connectivity index (χ0n) is 10.6. The van der Waals surface area contributed by atoms with Crippen molar-refractivity contribution in [1.82, 2.24) is 5.32 Å². The molecule has 0 atom stereocenters. The van der Waals surface area contributed by atoms with Gasteiger partial charge in [-0.05, 0) is 39.3 Å². The van der Waals surface area contributed by atoms with E-state index in [4.69, 9.17) is 9.84 Å². The van der Waals surface area contributed by atoms with Crippen LogP contribution in [0.4, 0.5) is 4.79 Å². The van der Waals surface area contributed by atoms with Crippen LogP contribution in [0.15, 0.2) is 12.1 Å². The SMILES string of the molecule is CC(C)(C)OC(=O)NCCc1ccc(C(=O)O)s1. The van der Waals surface area contributed by atoms with E-state index < -0.39 is 17.7 Å². The number of rotatable bonds is 4. The van der Waals surface area contributed by atoms with Gasteiger partial charge in [-0.15, -0.1) is 11.3 Å². The molecular weight excluding hydrogens is 254 g/mol. The fourth-order valence-electron chi connectivity index (χ4n) is 1.23. The molecule has 6 heteroatoms. The molecule has 0 saturated heterocycles. The molecule has 0 unspecified atom stereocenters. The van der Waals surface area contributed by atoms with E-state index in [1.165, 1.54) is 11.3 Å². The first-order valence-electron chi connectivity index (χ1n) is 5.57. The first-order valence-corrected chi connectivity index (χ1v) is 6.38. The minimum Gasteiger partial charge on any atom is -0.477 e. The monoisotopic (exact) mass is 271 g/mol. The normalized spacial score (nSPS) is 11.1. The van der Waals surface area contributed by atoms with Crippen molar-refractivity contribution < 1.29 is 19.4 Å². The number of hydrogen-bond acceptors (Lipinski definition) is 4. The lowest BCUT2D eigenvalue weighted by molar-refractivity contribution is 0.0528. The number of hydrogen-bond donors (Lipinski definition) is 2. The highest BCUT2D eigenvalue weighted by Gasteiger charge is 2.15. The lowest BCUT2D eigenvalue weighted by Gasteiger charge is -2.19. The Bertz CT molecular complexity index is 434. The molecule has 0 aliphatic carbocycles. The van der Waals surface area contributed by atoms with Gasteiger partial charge in [0.05, 0.1) is 0 Å². The van der Waals surface area contributed by atoms with Crippen LogP contribution >= 0.6 is 11.3 Å². The van der Waals surface area contributed by atoms with Gasteiger partial charge >= 0.3 is 12.1 Å². The van der Waals surface area contributed by atoms with Crippen LogP contribution in [0.25, 0.3) is 0 Å². The average molecular weight is 271 g/mol. The molecule has 0 saturated carbocycles. The minimum absolute atomic E-state index is 0.308. The Labute approximate surface area is 110 Å². The highest BCUT2D eigenvalue weighted by atomic mass is 32.1. The summed E-state index contributed by atoms with van der Waals surface area (Å²) in [4.78, 5) is 23.2. The van der Waals surface area contributed by atoms with Gasteiger partial charge in [-0.3, -0.25) is 0 Å². The van der Waals surface area contributed by atoms with E-state index in [2.05, 4.69) is 5.32 Å². The third kappa shape index (κ3) is 5.18. The molecule has 18 heavy (non-hydrogen) atoms. The maximum atomic E-state index is 11.3. The molecule has 100 valence electrons. The van der Waals surface area contributed by atoms with E-state index in [-0.39, 0.29) is 0 Å². The second-order valence-electron chi connectivity index (χ2n) is 4.75. The number of carbonyl (C=O) groups excluding carboxylic acids is 1. The summed E-state index contributed by atoms with van der Waals surface area (Å²) in [6, 6.07) is 3.32. The number of ether oxygens (including phenoxy) is 1. The van der Waals surface area contributed by atoms with Crippen molar-refractivity contribution in [2.75, 3.05) is 6.54 Å². The van der Waals surface area contributed by atoms with Crippen molar-refractivity contribution in [2.45, 2.75) is 32.8 Å². The van der Waals surface area contributed by atoms with Crippen molar-refractivity contribution in [3.8, 4) is 0 Å². The van der Waals surface area contributed by atoms with E-state index in [0.717, 1.165) is 4.88 Å². The van der Waals surface area contributed by atoms with Crippen LogP contribution in [-0.4, -0.2) is 29.3 Å². The van der Waals surface area contributed by atoms with Gasteiger partial charge in [-0.2, -0.15) is 0 Å². The molecule has 1 amide bonds. The van der Waals surface area contributed by atoms with Crippen LogP contribution in [0.3, 0.4) is 0 Å². The second-order valence-corrected chi connectivity index (χ2v) is 5.92. The summed E-state index contributed by atoms with van der Waals surface area (Å²) in [6.07, 6.45) is 0.134. The summed E-state index contributed by atoms with van der Waals surface area (Å²) in [5, 5.41) is 11.4. The van der Waals surface area contributed by atoms with Gasteiger partial charge in [0.15, 0.2) is 0 Å². The first kappa shape index (κ1) is 14.5. The minimum atomic E-state index is -0.925. The smallest absolute Gasteiger partial charge is 0.407 e. The molecule has 5 nitrogen and oxygen atoms in total. The Morgan fingerprint density at radius 1 is 1.39 bits per heavy atom. The highest BCUT2D eigenvalue weighted by Crippen LogP contribution is 2.16. The van der Waals surface area contributed by atoms with Crippen LogP contribution in [0, 0.1) is 0 Å². The molecule has 0 aliphatic rings. The predicted octanol–water partition coefficient (Wildman–Crippen LogP) is 2.51. The molecule has 1 heterocycles. The van der Waals surface area contributed by atoms with Crippen LogP contribution in [0.1, 0.15) is 35.3 Å². The highest BCUT2D eigenvalue weighted by molar-refractivity contribution is 7.13. The zero-order valence-corrected chi connectivity index (χ0v) is 11.5. The molecule has 0 fully saturated rings. The van der Waals surface area contributed by atoms with Gasteiger partial charge in [0.2, 0.25) is 0 Å². The van der Waals surface area contributed by atoms with Crippen molar-refractivity contribution in [3.05, 3.63) is 21.9 Å².